The molecule has 0 radical (unpaired) electrons. The zero-order valence-corrected chi connectivity index (χ0v) is 12.3. The van der Waals surface area contributed by atoms with Crippen LogP contribution < -0.4 is 5.73 Å². The quantitative estimate of drug-likeness (QED) is 0.922. The Balaban J connectivity index is 2.18. The van der Waals surface area contributed by atoms with Crippen LogP contribution in [-0.2, 0) is 6.54 Å². The summed E-state index contributed by atoms with van der Waals surface area (Å²) in [5.41, 5.74) is 9.26. The summed E-state index contributed by atoms with van der Waals surface area (Å²) < 4.78 is 26.3. The molecule has 0 saturated heterocycles. The summed E-state index contributed by atoms with van der Waals surface area (Å²) in [4.78, 5) is 7.37. The lowest BCUT2D eigenvalue weighted by molar-refractivity contribution is 0.242. The van der Waals surface area contributed by atoms with E-state index in [1.54, 1.807) is 22.9 Å². The van der Waals surface area contributed by atoms with Crippen LogP contribution in [0.3, 0.4) is 0 Å². The number of halogens is 2. The molecule has 20 heavy (non-hydrogen) atoms. The number of benzene rings is 1. The van der Waals surface area contributed by atoms with E-state index in [1.165, 1.54) is 6.07 Å². The van der Waals surface area contributed by atoms with Crippen molar-refractivity contribution in [2.75, 3.05) is 13.6 Å². The summed E-state index contributed by atoms with van der Waals surface area (Å²) in [6, 6.07) is 3.76. The maximum atomic E-state index is 13.3. The van der Waals surface area contributed by atoms with Gasteiger partial charge in [0.1, 0.15) is 0 Å². The Bertz CT molecular complexity index is 586. The average Bonchev–Trinajstić information content (AvgIpc) is 2.80. The van der Waals surface area contributed by atoms with E-state index < -0.39 is 11.6 Å². The van der Waals surface area contributed by atoms with Gasteiger partial charge in [-0.3, -0.25) is 4.90 Å². The summed E-state index contributed by atoms with van der Waals surface area (Å²) in [5.74, 6) is -1.69. The number of hydrogen-bond donors (Lipinski definition) is 1. The largest absolute Gasteiger partial charge is 0.329 e. The van der Waals surface area contributed by atoms with E-state index >= 15 is 0 Å². The van der Waals surface area contributed by atoms with Gasteiger partial charge in [-0.15, -0.1) is 11.3 Å². The van der Waals surface area contributed by atoms with Gasteiger partial charge in [-0.1, -0.05) is 6.07 Å². The fraction of sp³-hybridized carbons (Fsp3) is 0.357. The third-order valence-electron chi connectivity index (χ3n) is 3.32. The number of nitrogens with zero attached hydrogens (tertiary/aromatic N) is 2. The minimum Gasteiger partial charge on any atom is -0.329 e. The molecule has 6 heteroatoms. The highest BCUT2D eigenvalue weighted by Gasteiger charge is 2.18. The van der Waals surface area contributed by atoms with Crippen molar-refractivity contribution in [3.63, 3.8) is 0 Å². The molecule has 3 nitrogen and oxygen atoms in total. The standard InChI is InChI=1S/C14H17F2N3S/c1-9-14(20-8-18-9)7-19(2)13(6-17)10-3-4-11(15)12(16)5-10/h3-5,8,13H,6-7,17H2,1-2H3. The molecular weight excluding hydrogens is 280 g/mol. The molecule has 2 N–H and O–H groups in total. The van der Waals surface area contributed by atoms with Gasteiger partial charge in [-0.2, -0.15) is 0 Å². The van der Waals surface area contributed by atoms with Crippen LogP contribution in [0, 0.1) is 18.6 Å². The molecule has 2 aromatic rings. The molecule has 1 aromatic carbocycles. The van der Waals surface area contributed by atoms with Crippen molar-refractivity contribution in [2.24, 2.45) is 5.73 Å². The van der Waals surface area contributed by atoms with Gasteiger partial charge < -0.3 is 5.73 Å². The lowest BCUT2D eigenvalue weighted by Crippen LogP contribution is -2.30. The molecule has 0 aliphatic rings. The van der Waals surface area contributed by atoms with Crippen LogP contribution in [0.5, 0.6) is 0 Å². The fourth-order valence-corrected chi connectivity index (χ4v) is 2.94. The van der Waals surface area contributed by atoms with Crippen LogP contribution in [0.1, 0.15) is 22.2 Å². The van der Waals surface area contributed by atoms with Crippen LogP contribution in [0.4, 0.5) is 8.78 Å². The molecule has 0 aliphatic heterocycles. The number of aryl methyl sites for hydroxylation is 1. The zero-order valence-electron chi connectivity index (χ0n) is 11.4. The minimum atomic E-state index is -0.844. The van der Waals surface area contributed by atoms with E-state index in [0.717, 1.165) is 16.6 Å². The van der Waals surface area contributed by atoms with Gasteiger partial charge in [0.15, 0.2) is 11.6 Å². The summed E-state index contributed by atoms with van der Waals surface area (Å²) in [6.07, 6.45) is 0. The Hall–Kier alpha value is -1.37. The first-order valence-electron chi connectivity index (χ1n) is 6.27. The van der Waals surface area contributed by atoms with Crippen molar-refractivity contribution in [3.05, 3.63) is 51.5 Å². The highest BCUT2D eigenvalue weighted by molar-refractivity contribution is 7.09. The third kappa shape index (κ3) is 3.20. The number of aromatic nitrogens is 1. The van der Waals surface area contributed by atoms with Crippen molar-refractivity contribution in [3.8, 4) is 0 Å². The van der Waals surface area contributed by atoms with E-state index in [0.29, 0.717) is 18.7 Å². The van der Waals surface area contributed by atoms with E-state index in [2.05, 4.69) is 4.98 Å². The van der Waals surface area contributed by atoms with Gasteiger partial charge in [0, 0.05) is 24.0 Å². The first-order valence-corrected chi connectivity index (χ1v) is 7.15. The highest BCUT2D eigenvalue weighted by Crippen LogP contribution is 2.24. The van der Waals surface area contributed by atoms with Crippen molar-refractivity contribution in [1.82, 2.24) is 9.88 Å². The highest BCUT2D eigenvalue weighted by atomic mass is 32.1. The average molecular weight is 297 g/mol. The lowest BCUT2D eigenvalue weighted by Gasteiger charge is -2.27. The zero-order chi connectivity index (χ0) is 14.7. The molecule has 1 heterocycles. The van der Waals surface area contributed by atoms with Crippen LogP contribution in [0.15, 0.2) is 23.7 Å². The SMILES string of the molecule is Cc1ncsc1CN(C)C(CN)c1ccc(F)c(F)c1. The van der Waals surface area contributed by atoms with E-state index in [9.17, 15) is 8.78 Å². The molecule has 0 fully saturated rings. The van der Waals surface area contributed by atoms with Crippen LogP contribution in [0.2, 0.25) is 0 Å². The second-order valence-electron chi connectivity index (χ2n) is 4.70. The maximum absolute atomic E-state index is 13.3. The number of likely N-dealkylation sites (N-methyl/N-ethyl adjacent to an activating group) is 1. The minimum absolute atomic E-state index is 0.161. The van der Waals surface area contributed by atoms with Crippen molar-refractivity contribution < 1.29 is 8.78 Å². The number of rotatable bonds is 5. The first-order chi connectivity index (χ1) is 9.52. The second kappa shape index (κ2) is 6.39. The molecule has 0 saturated carbocycles. The Labute approximate surface area is 121 Å². The van der Waals surface area contributed by atoms with Crippen molar-refractivity contribution in [2.45, 2.75) is 19.5 Å². The lowest BCUT2D eigenvalue weighted by atomic mass is 10.1. The molecule has 0 bridgehead atoms. The van der Waals surface area contributed by atoms with E-state index in [1.807, 2.05) is 18.9 Å². The summed E-state index contributed by atoms with van der Waals surface area (Å²) in [7, 11) is 1.91. The fourth-order valence-electron chi connectivity index (χ4n) is 2.10. The summed E-state index contributed by atoms with van der Waals surface area (Å²) >= 11 is 1.58. The Morgan fingerprint density at radius 2 is 2.10 bits per heavy atom. The molecule has 0 aliphatic carbocycles. The predicted octanol–water partition coefficient (Wildman–Crippen LogP) is 2.86. The van der Waals surface area contributed by atoms with Crippen LogP contribution >= 0.6 is 11.3 Å². The first kappa shape index (κ1) is 15.0. The van der Waals surface area contributed by atoms with Crippen molar-refractivity contribution in [1.29, 1.82) is 0 Å². The van der Waals surface area contributed by atoms with E-state index in [-0.39, 0.29) is 6.04 Å². The normalized spacial score (nSPS) is 12.9. The Morgan fingerprint density at radius 3 is 2.65 bits per heavy atom. The smallest absolute Gasteiger partial charge is 0.159 e. The van der Waals surface area contributed by atoms with Crippen molar-refractivity contribution >= 4 is 11.3 Å². The maximum Gasteiger partial charge on any atom is 0.159 e. The van der Waals surface area contributed by atoms with Gasteiger partial charge in [-0.05, 0) is 31.7 Å². The second-order valence-corrected chi connectivity index (χ2v) is 5.64. The van der Waals surface area contributed by atoms with Crippen LogP contribution in [-0.4, -0.2) is 23.5 Å². The topological polar surface area (TPSA) is 42.2 Å². The number of thiazole rings is 1. The van der Waals surface area contributed by atoms with E-state index in [4.69, 9.17) is 5.73 Å². The Kier molecular flexibility index (Phi) is 4.80. The predicted molar refractivity (Wildman–Crippen MR) is 76.5 cm³/mol. The molecule has 0 amide bonds. The molecule has 1 atom stereocenters. The monoisotopic (exact) mass is 297 g/mol. The summed E-state index contributed by atoms with van der Waals surface area (Å²) in [6.45, 7) is 2.96. The third-order valence-corrected chi connectivity index (χ3v) is 4.24. The molecular formula is C14H17F2N3S. The molecule has 0 spiro atoms. The van der Waals surface area contributed by atoms with Gasteiger partial charge in [-0.25, -0.2) is 13.8 Å². The van der Waals surface area contributed by atoms with Gasteiger partial charge in [0.05, 0.1) is 11.2 Å². The van der Waals surface area contributed by atoms with Crippen LogP contribution in [0.25, 0.3) is 0 Å². The Morgan fingerprint density at radius 1 is 1.35 bits per heavy atom. The molecule has 1 aromatic heterocycles. The molecule has 2 rings (SSSR count). The molecule has 1 unspecified atom stereocenters. The van der Waals surface area contributed by atoms with Gasteiger partial charge in [0.2, 0.25) is 0 Å². The number of hydrogen-bond acceptors (Lipinski definition) is 4. The van der Waals surface area contributed by atoms with Gasteiger partial charge >= 0.3 is 0 Å². The van der Waals surface area contributed by atoms with Gasteiger partial charge in [0.25, 0.3) is 0 Å². The summed E-state index contributed by atoms with van der Waals surface area (Å²) in [5, 5.41) is 0. The molecule has 108 valence electrons. The number of nitrogens with two attached hydrogens (primary N) is 1.